The average molecular weight is 710 g/mol. The lowest BCUT2D eigenvalue weighted by molar-refractivity contribution is 0.0384. The molecule has 51 heavy (non-hydrogen) atoms. The van der Waals surface area contributed by atoms with Crippen LogP contribution in [0.4, 0.5) is 14.5 Å². The molecule has 7 rings (SSSR count). The highest BCUT2D eigenvalue weighted by Gasteiger charge is 2.21. The van der Waals surface area contributed by atoms with Crippen LogP contribution in [0.5, 0.6) is 17.2 Å². The summed E-state index contributed by atoms with van der Waals surface area (Å²) >= 11 is 1.45. The quantitative estimate of drug-likeness (QED) is 0.152. The molecule has 13 heteroatoms. The summed E-state index contributed by atoms with van der Waals surface area (Å²) in [5, 5.41) is 2.59. The van der Waals surface area contributed by atoms with Gasteiger partial charge in [-0.25, -0.2) is 8.78 Å². The Labute approximate surface area is 295 Å². The van der Waals surface area contributed by atoms with Crippen molar-refractivity contribution in [3.8, 4) is 33.5 Å². The van der Waals surface area contributed by atoms with Gasteiger partial charge >= 0.3 is 0 Å². The third-order valence-electron chi connectivity index (χ3n) is 8.37. The molecule has 0 atom stereocenters. The third-order valence-corrected chi connectivity index (χ3v) is 9.53. The summed E-state index contributed by atoms with van der Waals surface area (Å²) in [4.78, 5) is 39.3. The van der Waals surface area contributed by atoms with E-state index in [9.17, 15) is 14.0 Å². The van der Waals surface area contributed by atoms with Crippen molar-refractivity contribution in [1.82, 2.24) is 19.4 Å². The van der Waals surface area contributed by atoms with Gasteiger partial charge in [0.25, 0.3) is 11.5 Å². The minimum atomic E-state index is -0.798. The van der Waals surface area contributed by atoms with E-state index in [0.29, 0.717) is 17.0 Å². The number of amides is 1. The van der Waals surface area contributed by atoms with Gasteiger partial charge in [0.05, 0.1) is 40.6 Å². The molecule has 2 aromatic carbocycles. The van der Waals surface area contributed by atoms with E-state index in [1.165, 1.54) is 64.6 Å². The van der Waals surface area contributed by atoms with Crippen LogP contribution in [0, 0.1) is 11.6 Å². The van der Waals surface area contributed by atoms with E-state index < -0.39 is 23.1 Å². The first kappa shape index (κ1) is 34.0. The maximum Gasteiger partial charge on any atom is 0.271 e. The monoisotopic (exact) mass is 709 g/mol. The molecule has 1 saturated heterocycles. The Kier molecular flexibility index (Phi) is 10.1. The molecule has 10 nitrogen and oxygen atoms in total. The predicted octanol–water partition coefficient (Wildman–Crippen LogP) is 7.11. The number of hydrogen-bond acceptors (Lipinski definition) is 9. The number of rotatable bonds is 11. The summed E-state index contributed by atoms with van der Waals surface area (Å²) in [6.07, 6.45) is 5.84. The number of morpholine rings is 1. The van der Waals surface area contributed by atoms with Gasteiger partial charge in [-0.05, 0) is 73.5 Å². The van der Waals surface area contributed by atoms with Crippen molar-refractivity contribution in [3.05, 3.63) is 125 Å². The number of pyridine rings is 3. The second-order valence-electron chi connectivity index (χ2n) is 11.7. The summed E-state index contributed by atoms with van der Waals surface area (Å²) < 4.78 is 47.9. The van der Waals surface area contributed by atoms with Gasteiger partial charge in [-0.3, -0.25) is 29.0 Å². The fourth-order valence-corrected chi connectivity index (χ4v) is 6.78. The Morgan fingerprint density at radius 1 is 0.961 bits per heavy atom. The van der Waals surface area contributed by atoms with Crippen molar-refractivity contribution in [2.45, 2.75) is 13.3 Å². The Morgan fingerprint density at radius 3 is 2.53 bits per heavy atom. The van der Waals surface area contributed by atoms with Crippen molar-refractivity contribution in [1.29, 1.82) is 0 Å². The summed E-state index contributed by atoms with van der Waals surface area (Å²) in [5.41, 5.74) is 2.14. The van der Waals surface area contributed by atoms with E-state index >= 15 is 4.39 Å². The van der Waals surface area contributed by atoms with Gasteiger partial charge in [0.1, 0.15) is 22.9 Å². The molecule has 0 aliphatic carbocycles. The molecule has 0 unspecified atom stereocenters. The second-order valence-corrected chi connectivity index (χ2v) is 12.8. The van der Waals surface area contributed by atoms with Crippen LogP contribution >= 0.6 is 11.3 Å². The first-order valence-electron chi connectivity index (χ1n) is 16.4. The summed E-state index contributed by atoms with van der Waals surface area (Å²) in [6, 6.07) is 18.4. The number of benzene rings is 2. The first-order valence-corrected chi connectivity index (χ1v) is 17.2. The summed E-state index contributed by atoms with van der Waals surface area (Å²) in [7, 11) is 0. The number of halogens is 2. The number of anilines is 1. The fraction of sp³-hybridized carbons (Fsp3) is 0.211. The predicted molar refractivity (Wildman–Crippen MR) is 191 cm³/mol. The van der Waals surface area contributed by atoms with Crippen LogP contribution in [0.1, 0.15) is 22.8 Å². The number of carbonyl (C=O) groups is 1. The van der Waals surface area contributed by atoms with Crippen molar-refractivity contribution in [2.24, 2.45) is 0 Å². The van der Waals surface area contributed by atoms with Gasteiger partial charge in [-0.15, -0.1) is 11.3 Å². The minimum absolute atomic E-state index is 0.0609. The van der Waals surface area contributed by atoms with Gasteiger partial charge in [0.2, 0.25) is 0 Å². The largest absolute Gasteiger partial charge is 0.493 e. The van der Waals surface area contributed by atoms with Gasteiger partial charge in [-0.1, -0.05) is 6.07 Å². The van der Waals surface area contributed by atoms with E-state index in [-0.39, 0.29) is 29.4 Å². The smallest absolute Gasteiger partial charge is 0.271 e. The Hall–Kier alpha value is -5.50. The molecule has 6 aromatic rings. The van der Waals surface area contributed by atoms with Gasteiger partial charge < -0.3 is 19.5 Å². The average Bonchev–Trinajstić information content (AvgIpc) is 3.59. The molecule has 0 bridgehead atoms. The van der Waals surface area contributed by atoms with E-state index in [0.717, 1.165) is 66.2 Å². The molecule has 260 valence electrons. The van der Waals surface area contributed by atoms with E-state index in [1.54, 1.807) is 19.2 Å². The Morgan fingerprint density at radius 2 is 1.78 bits per heavy atom. The van der Waals surface area contributed by atoms with Gasteiger partial charge in [-0.2, -0.15) is 0 Å². The maximum absolute atomic E-state index is 15.4. The molecule has 4 aromatic heterocycles. The van der Waals surface area contributed by atoms with Crippen molar-refractivity contribution in [2.75, 3.05) is 44.8 Å². The Bertz CT molecular complexity index is 2240. The number of hydrogen-bond donors (Lipinski definition) is 1. The third kappa shape index (κ3) is 7.65. The van der Waals surface area contributed by atoms with Crippen molar-refractivity contribution >= 4 is 33.1 Å². The topological polar surface area (TPSA) is 108 Å². The van der Waals surface area contributed by atoms with Crippen molar-refractivity contribution in [3.63, 3.8) is 0 Å². The molecule has 1 aliphatic rings. The molecule has 5 heterocycles. The number of nitrogens with zero attached hydrogens (tertiary/aromatic N) is 4. The van der Waals surface area contributed by atoms with Crippen LogP contribution in [0.2, 0.25) is 0 Å². The number of fused-ring (bicyclic) bond motifs is 1. The second kappa shape index (κ2) is 15.2. The van der Waals surface area contributed by atoms with Crippen LogP contribution in [0.3, 0.4) is 0 Å². The standard InChI is InChI=1S/C38H33F2N5O5S/c1-2-49-32-13-16-45(27-7-4-25(39)5-8-27)38(47)35(32)37(46)43-26-6-10-31(28(40)21-26)50-33-11-14-41-30-22-34(51-36(30)33)29-9-3-24(23-42-29)12-15-44-17-19-48-20-18-44/h3-11,13-14,16,21-23H,2,12,15,17-20H2,1H3,(H,43,46). The minimum Gasteiger partial charge on any atom is -0.493 e. The zero-order valence-corrected chi connectivity index (χ0v) is 28.4. The first-order chi connectivity index (χ1) is 24.9. The van der Waals surface area contributed by atoms with Crippen LogP contribution in [-0.4, -0.2) is 64.8 Å². The molecule has 0 spiro atoms. The lowest BCUT2D eigenvalue weighted by atomic mass is 10.1. The molecule has 1 aliphatic heterocycles. The lowest BCUT2D eigenvalue weighted by Crippen LogP contribution is -2.37. The van der Waals surface area contributed by atoms with Gasteiger partial charge in [0.15, 0.2) is 11.6 Å². The number of carbonyl (C=O) groups excluding carboxylic acids is 1. The van der Waals surface area contributed by atoms with E-state index in [4.69, 9.17) is 19.2 Å². The highest BCUT2D eigenvalue weighted by Crippen LogP contribution is 2.39. The number of ether oxygens (including phenoxy) is 3. The molecule has 1 amide bonds. The Balaban J connectivity index is 1.07. The van der Waals surface area contributed by atoms with E-state index in [1.807, 2.05) is 18.3 Å². The van der Waals surface area contributed by atoms with Crippen LogP contribution in [0.25, 0.3) is 26.5 Å². The summed E-state index contributed by atoms with van der Waals surface area (Å²) in [6.45, 7) is 6.33. The van der Waals surface area contributed by atoms with Crippen LogP contribution < -0.4 is 20.3 Å². The molecular weight excluding hydrogens is 677 g/mol. The SMILES string of the molecule is CCOc1ccn(-c2ccc(F)cc2)c(=O)c1C(=O)Nc1ccc(Oc2ccnc3cc(-c4ccc(CCN5CCOCC5)cn4)sc23)c(F)c1. The number of thiophene rings is 1. The van der Waals surface area contributed by atoms with E-state index in [2.05, 4.69) is 21.3 Å². The maximum atomic E-state index is 15.4. The van der Waals surface area contributed by atoms with Crippen LogP contribution in [0.15, 0.2) is 96.2 Å². The highest BCUT2D eigenvalue weighted by atomic mass is 32.1. The fourth-order valence-electron chi connectivity index (χ4n) is 5.73. The molecule has 1 N–H and O–H groups in total. The zero-order valence-electron chi connectivity index (χ0n) is 27.6. The van der Waals surface area contributed by atoms with Gasteiger partial charge in [0, 0.05) is 61.7 Å². The van der Waals surface area contributed by atoms with Crippen LogP contribution in [-0.2, 0) is 11.2 Å². The molecule has 0 saturated carbocycles. The number of nitrogens with one attached hydrogen (secondary N) is 1. The molecule has 0 radical (unpaired) electrons. The normalized spacial score (nSPS) is 13.3. The molecule has 1 fully saturated rings. The number of aromatic nitrogens is 3. The van der Waals surface area contributed by atoms with Crippen molar-refractivity contribution < 1.29 is 27.8 Å². The zero-order chi connectivity index (χ0) is 35.3. The highest BCUT2D eigenvalue weighted by molar-refractivity contribution is 7.22. The lowest BCUT2D eigenvalue weighted by Gasteiger charge is -2.26. The molecular formula is C38H33F2N5O5S. The summed E-state index contributed by atoms with van der Waals surface area (Å²) in [5.74, 6) is -1.58.